The number of Topliss-reactive ketones (excluding diaryl/α,β-unsaturated/α-hetero) is 1. The van der Waals surface area contributed by atoms with Crippen molar-refractivity contribution in [3.63, 3.8) is 0 Å². The second-order valence-corrected chi connectivity index (χ2v) is 4.78. The summed E-state index contributed by atoms with van der Waals surface area (Å²) in [4.78, 5) is 11.0. The van der Waals surface area contributed by atoms with Crippen molar-refractivity contribution in [1.29, 1.82) is 0 Å². The molecule has 1 radical (unpaired) electrons. The Balaban J connectivity index is -0.000000209. The maximum absolute atomic E-state index is 11.0. The molecule has 0 rings (SSSR count). The molecule has 0 aliphatic heterocycles. The topological polar surface area (TPSA) is 17.1 Å². The standard InChI is InChI=1S/C8H15O.C4H9.Y/c1-5-6-7(9)8(2,3)4;1-4(2)3;/h1,5-6H2,2-4H3;1-3H3;/q2*-1;. The van der Waals surface area contributed by atoms with E-state index in [0.29, 0.717) is 12.2 Å². The van der Waals surface area contributed by atoms with E-state index < -0.39 is 0 Å². The summed E-state index contributed by atoms with van der Waals surface area (Å²) in [6.07, 6.45) is 1.33. The SMILES string of the molecule is C[C-](C)C.[CH2-]CCC(=O)C(C)(C)C.[Y]. The molecular formula is C12H24OY-2. The Morgan fingerprint density at radius 2 is 1.50 bits per heavy atom. The van der Waals surface area contributed by atoms with Gasteiger partial charge in [-0.25, -0.2) is 0 Å². The van der Waals surface area contributed by atoms with Crippen molar-refractivity contribution in [2.75, 3.05) is 0 Å². The van der Waals surface area contributed by atoms with Crippen LogP contribution in [-0.2, 0) is 37.5 Å². The van der Waals surface area contributed by atoms with Gasteiger partial charge in [0.2, 0.25) is 0 Å². The summed E-state index contributed by atoms with van der Waals surface area (Å²) < 4.78 is 0. The number of hydrogen-bond donors (Lipinski definition) is 0. The molecule has 0 bridgehead atoms. The van der Waals surface area contributed by atoms with E-state index in [1.54, 1.807) is 0 Å². The van der Waals surface area contributed by atoms with E-state index in [1.807, 2.05) is 20.8 Å². The molecule has 0 heterocycles. The average molecular weight is 273 g/mol. The van der Waals surface area contributed by atoms with Crippen LogP contribution in [0.1, 0.15) is 54.4 Å². The Bertz CT molecular complexity index is 131. The van der Waals surface area contributed by atoms with E-state index in [4.69, 9.17) is 0 Å². The van der Waals surface area contributed by atoms with Crippen molar-refractivity contribution in [3.05, 3.63) is 12.8 Å². The molecule has 83 valence electrons. The largest absolute Gasteiger partial charge is 0.343 e. The van der Waals surface area contributed by atoms with Gasteiger partial charge in [-0.15, -0.1) is 0 Å². The van der Waals surface area contributed by atoms with Crippen molar-refractivity contribution >= 4 is 5.78 Å². The van der Waals surface area contributed by atoms with Gasteiger partial charge in [-0.1, -0.05) is 20.8 Å². The summed E-state index contributed by atoms with van der Waals surface area (Å²) in [5, 5.41) is 0. The van der Waals surface area contributed by atoms with Gasteiger partial charge in [-0.05, 0) is 6.42 Å². The minimum absolute atomic E-state index is 0. The zero-order valence-electron chi connectivity index (χ0n) is 10.6. The zero-order valence-corrected chi connectivity index (χ0v) is 13.4. The molecule has 0 atom stereocenters. The monoisotopic (exact) mass is 273 g/mol. The van der Waals surface area contributed by atoms with Crippen LogP contribution < -0.4 is 0 Å². The Hall–Kier alpha value is 0.774. The fourth-order valence-electron chi connectivity index (χ4n) is 0.536. The average Bonchev–Trinajstić information content (AvgIpc) is 1.84. The second-order valence-electron chi connectivity index (χ2n) is 4.78. The van der Waals surface area contributed by atoms with Gasteiger partial charge in [0, 0.05) is 38.1 Å². The molecular weight excluding hydrogens is 249 g/mol. The van der Waals surface area contributed by atoms with Crippen LogP contribution in [0.15, 0.2) is 0 Å². The van der Waals surface area contributed by atoms with Crippen molar-refractivity contribution in [2.24, 2.45) is 5.41 Å². The summed E-state index contributed by atoms with van der Waals surface area (Å²) >= 11 is 0. The molecule has 0 amide bonds. The number of carbonyl (C=O) groups is 1. The number of rotatable bonds is 2. The molecule has 0 aliphatic carbocycles. The van der Waals surface area contributed by atoms with E-state index in [9.17, 15) is 4.79 Å². The van der Waals surface area contributed by atoms with Gasteiger partial charge < -0.3 is 12.8 Å². The molecule has 2 heteroatoms. The van der Waals surface area contributed by atoms with Gasteiger partial charge in [-0.3, -0.25) is 4.79 Å². The fraction of sp³-hybridized carbons (Fsp3) is 0.750. The van der Waals surface area contributed by atoms with Gasteiger partial charge >= 0.3 is 0 Å². The summed E-state index contributed by atoms with van der Waals surface area (Å²) in [7, 11) is 0. The van der Waals surface area contributed by atoms with Crippen LogP contribution >= 0.6 is 0 Å². The molecule has 0 aromatic rings. The predicted molar refractivity (Wildman–Crippen MR) is 59.3 cm³/mol. The van der Waals surface area contributed by atoms with Crippen LogP contribution in [0.25, 0.3) is 0 Å². The summed E-state index contributed by atoms with van der Waals surface area (Å²) in [6, 6.07) is 0. The van der Waals surface area contributed by atoms with Crippen molar-refractivity contribution < 1.29 is 37.5 Å². The smallest absolute Gasteiger partial charge is 0.135 e. The number of ketones is 1. The molecule has 1 nitrogen and oxygen atoms in total. The fourth-order valence-corrected chi connectivity index (χ4v) is 0.536. The van der Waals surface area contributed by atoms with Crippen molar-refractivity contribution in [2.45, 2.75) is 54.4 Å². The van der Waals surface area contributed by atoms with Crippen LogP contribution in [0.3, 0.4) is 0 Å². The molecule has 0 spiro atoms. The molecule has 0 N–H and O–H groups in total. The number of carbonyl (C=O) groups excluding carboxylic acids is 1. The molecule has 14 heavy (non-hydrogen) atoms. The first-order chi connectivity index (χ1) is 5.71. The molecule has 0 saturated carbocycles. The van der Waals surface area contributed by atoms with Crippen molar-refractivity contribution in [3.8, 4) is 0 Å². The maximum atomic E-state index is 11.0. The Labute approximate surface area is 115 Å². The third-order valence-corrected chi connectivity index (χ3v) is 1.24. The molecule has 0 fully saturated rings. The van der Waals surface area contributed by atoms with Gasteiger partial charge in [0.05, 0.1) is 0 Å². The summed E-state index contributed by atoms with van der Waals surface area (Å²) in [6.45, 7) is 15.7. The summed E-state index contributed by atoms with van der Waals surface area (Å²) in [5.74, 6) is 1.72. The molecule has 0 aliphatic rings. The predicted octanol–water partition coefficient (Wildman–Crippen LogP) is 3.83. The second kappa shape index (κ2) is 10.3. The van der Waals surface area contributed by atoms with E-state index in [0.717, 1.165) is 6.42 Å². The molecule has 0 aromatic heterocycles. The molecule has 0 saturated heterocycles. The van der Waals surface area contributed by atoms with E-state index >= 15 is 0 Å². The van der Waals surface area contributed by atoms with Gasteiger partial charge in [0.1, 0.15) is 5.78 Å². The molecule has 0 unspecified atom stereocenters. The van der Waals surface area contributed by atoms with E-state index in [2.05, 4.69) is 27.7 Å². The minimum Gasteiger partial charge on any atom is -0.343 e. The normalized spacial score (nSPS) is 10.0. The minimum atomic E-state index is -0.169. The first-order valence-electron chi connectivity index (χ1n) is 4.81. The van der Waals surface area contributed by atoms with Crippen LogP contribution in [0.2, 0.25) is 0 Å². The van der Waals surface area contributed by atoms with Crippen LogP contribution in [0.5, 0.6) is 0 Å². The van der Waals surface area contributed by atoms with Gasteiger partial charge in [-0.2, -0.15) is 27.2 Å². The van der Waals surface area contributed by atoms with E-state index in [1.165, 1.54) is 5.92 Å². The molecule has 0 aromatic carbocycles. The van der Waals surface area contributed by atoms with E-state index in [-0.39, 0.29) is 38.1 Å². The van der Waals surface area contributed by atoms with Gasteiger partial charge in [0.25, 0.3) is 0 Å². The van der Waals surface area contributed by atoms with Crippen LogP contribution in [0, 0.1) is 18.3 Å². The Morgan fingerprint density at radius 1 is 1.21 bits per heavy atom. The Kier molecular flexibility index (Phi) is 14.9. The first kappa shape index (κ1) is 20.2. The third-order valence-electron chi connectivity index (χ3n) is 1.24. The van der Waals surface area contributed by atoms with Crippen LogP contribution in [0.4, 0.5) is 0 Å². The quantitative estimate of drug-likeness (QED) is 0.699. The van der Waals surface area contributed by atoms with Crippen LogP contribution in [-0.4, -0.2) is 5.78 Å². The number of hydrogen-bond acceptors (Lipinski definition) is 1. The third kappa shape index (κ3) is 18.5. The van der Waals surface area contributed by atoms with Gasteiger partial charge in [0.15, 0.2) is 0 Å². The maximum Gasteiger partial charge on any atom is 0.135 e. The Morgan fingerprint density at radius 3 is 1.57 bits per heavy atom. The van der Waals surface area contributed by atoms with Crippen molar-refractivity contribution in [1.82, 2.24) is 0 Å². The summed E-state index contributed by atoms with van der Waals surface area (Å²) in [5.41, 5.74) is -0.169. The zero-order chi connectivity index (χ0) is 11.1. The first-order valence-corrected chi connectivity index (χ1v) is 4.81.